The Kier molecular flexibility index (Phi) is 5.20. The molecule has 1 atom stereocenters. The van der Waals surface area contributed by atoms with Crippen molar-refractivity contribution in [2.45, 2.75) is 63.5 Å². The first-order valence-corrected chi connectivity index (χ1v) is 10.2. The third-order valence-electron chi connectivity index (χ3n) is 6.08. The van der Waals surface area contributed by atoms with Crippen LogP contribution in [0.3, 0.4) is 0 Å². The standard InChI is InChI=1S/C22H27N3O3/c1-16(26)25-13-7-12-22(25,21(27)23-18-10-5-6-11-18)15-19-14-20(24-28-19)17-8-3-2-4-9-17/h2-4,8-9,14,18H,5-7,10-13,15H2,1H3,(H,23,27)/t22-/m1/s1. The first-order chi connectivity index (χ1) is 13.6. The third-order valence-corrected chi connectivity index (χ3v) is 6.08. The number of carbonyl (C=O) groups is 2. The molecule has 2 amide bonds. The number of benzene rings is 1. The maximum atomic E-state index is 13.4. The lowest BCUT2D eigenvalue weighted by molar-refractivity contribution is -0.144. The molecule has 1 aromatic carbocycles. The van der Waals surface area contributed by atoms with E-state index in [1.54, 1.807) is 11.8 Å². The van der Waals surface area contributed by atoms with Crippen LogP contribution in [0.2, 0.25) is 0 Å². The van der Waals surface area contributed by atoms with Crippen LogP contribution in [-0.4, -0.2) is 40.0 Å². The number of nitrogens with one attached hydrogen (secondary N) is 1. The predicted octanol–water partition coefficient (Wildman–Crippen LogP) is 3.32. The summed E-state index contributed by atoms with van der Waals surface area (Å²) >= 11 is 0. The molecule has 0 unspecified atom stereocenters. The minimum Gasteiger partial charge on any atom is -0.361 e. The topological polar surface area (TPSA) is 75.4 Å². The van der Waals surface area contributed by atoms with Gasteiger partial charge in [-0.3, -0.25) is 9.59 Å². The average molecular weight is 381 g/mol. The van der Waals surface area contributed by atoms with Gasteiger partial charge >= 0.3 is 0 Å². The Hall–Kier alpha value is -2.63. The molecule has 1 N–H and O–H groups in total. The highest BCUT2D eigenvalue weighted by molar-refractivity contribution is 5.92. The van der Waals surface area contributed by atoms with Crippen LogP contribution in [-0.2, 0) is 16.0 Å². The Morgan fingerprint density at radius 3 is 2.68 bits per heavy atom. The van der Waals surface area contributed by atoms with Crippen LogP contribution in [0, 0.1) is 0 Å². The van der Waals surface area contributed by atoms with Gasteiger partial charge in [-0.05, 0) is 25.7 Å². The molecule has 1 saturated heterocycles. The third kappa shape index (κ3) is 3.55. The lowest BCUT2D eigenvalue weighted by Crippen LogP contribution is -2.59. The highest BCUT2D eigenvalue weighted by Crippen LogP contribution is 2.35. The minimum absolute atomic E-state index is 0.0511. The summed E-state index contributed by atoms with van der Waals surface area (Å²) in [5, 5.41) is 7.39. The number of rotatable bonds is 5. The molecular formula is C22H27N3O3. The van der Waals surface area contributed by atoms with Gasteiger partial charge in [-0.15, -0.1) is 0 Å². The molecule has 6 heteroatoms. The Balaban J connectivity index is 1.60. The van der Waals surface area contributed by atoms with Crippen LogP contribution < -0.4 is 5.32 Å². The number of hydrogen-bond acceptors (Lipinski definition) is 4. The van der Waals surface area contributed by atoms with Crippen LogP contribution in [0.25, 0.3) is 11.3 Å². The van der Waals surface area contributed by atoms with Gasteiger partial charge in [0, 0.05) is 37.6 Å². The van der Waals surface area contributed by atoms with E-state index in [9.17, 15) is 9.59 Å². The van der Waals surface area contributed by atoms with E-state index in [1.807, 2.05) is 36.4 Å². The summed E-state index contributed by atoms with van der Waals surface area (Å²) in [6.07, 6.45) is 6.15. The fourth-order valence-electron chi connectivity index (χ4n) is 4.66. The summed E-state index contributed by atoms with van der Waals surface area (Å²) in [5.74, 6) is 0.514. The molecule has 1 aliphatic carbocycles. The van der Waals surface area contributed by atoms with Gasteiger partial charge in [0.25, 0.3) is 0 Å². The van der Waals surface area contributed by atoms with E-state index in [1.165, 1.54) is 0 Å². The van der Waals surface area contributed by atoms with E-state index in [4.69, 9.17) is 4.52 Å². The largest absolute Gasteiger partial charge is 0.361 e. The number of amides is 2. The molecule has 28 heavy (non-hydrogen) atoms. The van der Waals surface area contributed by atoms with Crippen molar-refractivity contribution in [2.24, 2.45) is 0 Å². The van der Waals surface area contributed by atoms with E-state index in [0.29, 0.717) is 25.1 Å². The van der Waals surface area contributed by atoms with Crippen molar-refractivity contribution >= 4 is 11.8 Å². The maximum absolute atomic E-state index is 13.4. The molecule has 1 saturated carbocycles. The van der Waals surface area contributed by atoms with E-state index < -0.39 is 5.54 Å². The van der Waals surface area contributed by atoms with Crippen molar-refractivity contribution in [1.29, 1.82) is 0 Å². The van der Waals surface area contributed by atoms with Gasteiger partial charge in [0.05, 0.1) is 0 Å². The van der Waals surface area contributed by atoms with Crippen molar-refractivity contribution in [2.75, 3.05) is 6.54 Å². The molecule has 6 nitrogen and oxygen atoms in total. The van der Waals surface area contributed by atoms with Crippen LogP contribution >= 0.6 is 0 Å². The number of aromatic nitrogens is 1. The Morgan fingerprint density at radius 2 is 1.96 bits per heavy atom. The Bertz CT molecular complexity index is 842. The monoisotopic (exact) mass is 381 g/mol. The van der Waals surface area contributed by atoms with Gasteiger partial charge in [-0.2, -0.15) is 0 Å². The van der Waals surface area contributed by atoms with Crippen molar-refractivity contribution in [3.8, 4) is 11.3 Å². The summed E-state index contributed by atoms with van der Waals surface area (Å²) in [4.78, 5) is 27.4. The molecule has 0 bridgehead atoms. The van der Waals surface area contributed by atoms with Gasteiger partial charge < -0.3 is 14.7 Å². The van der Waals surface area contributed by atoms with Crippen LogP contribution in [0.15, 0.2) is 40.9 Å². The normalized spacial score (nSPS) is 22.5. The average Bonchev–Trinajstić information content (AvgIpc) is 3.44. The number of likely N-dealkylation sites (tertiary alicyclic amines) is 1. The fraction of sp³-hybridized carbons (Fsp3) is 0.500. The second-order valence-corrected chi connectivity index (χ2v) is 7.98. The molecule has 2 heterocycles. The Labute approximate surface area is 165 Å². The molecule has 4 rings (SSSR count). The molecule has 1 aliphatic heterocycles. The van der Waals surface area contributed by atoms with Gasteiger partial charge in [-0.25, -0.2) is 0 Å². The summed E-state index contributed by atoms with van der Waals surface area (Å²) in [6.45, 7) is 2.14. The maximum Gasteiger partial charge on any atom is 0.246 e. The first kappa shape index (κ1) is 18.7. The molecule has 148 valence electrons. The van der Waals surface area contributed by atoms with Crippen molar-refractivity contribution in [3.05, 3.63) is 42.2 Å². The summed E-state index contributed by atoms with van der Waals surface area (Å²) in [5.41, 5.74) is 0.827. The molecule has 2 fully saturated rings. The van der Waals surface area contributed by atoms with E-state index in [-0.39, 0.29) is 17.9 Å². The van der Waals surface area contributed by atoms with E-state index in [2.05, 4.69) is 10.5 Å². The van der Waals surface area contributed by atoms with Gasteiger partial charge in [-0.1, -0.05) is 48.3 Å². The molecule has 2 aliphatic rings. The second-order valence-electron chi connectivity index (χ2n) is 7.98. The first-order valence-electron chi connectivity index (χ1n) is 10.2. The Morgan fingerprint density at radius 1 is 1.21 bits per heavy atom. The second kappa shape index (κ2) is 7.78. The van der Waals surface area contributed by atoms with E-state index >= 15 is 0 Å². The zero-order chi connectivity index (χ0) is 19.6. The van der Waals surface area contributed by atoms with Crippen LogP contribution in [0.1, 0.15) is 51.2 Å². The van der Waals surface area contributed by atoms with Gasteiger partial charge in [0.15, 0.2) is 0 Å². The van der Waals surface area contributed by atoms with Crippen molar-refractivity contribution < 1.29 is 14.1 Å². The van der Waals surface area contributed by atoms with Crippen LogP contribution in [0.5, 0.6) is 0 Å². The van der Waals surface area contributed by atoms with Crippen molar-refractivity contribution in [1.82, 2.24) is 15.4 Å². The fourth-order valence-corrected chi connectivity index (χ4v) is 4.66. The van der Waals surface area contributed by atoms with Crippen LogP contribution in [0.4, 0.5) is 0 Å². The van der Waals surface area contributed by atoms with Gasteiger partial charge in [0.1, 0.15) is 17.0 Å². The predicted molar refractivity (Wildman–Crippen MR) is 105 cm³/mol. The SMILES string of the molecule is CC(=O)N1CCC[C@@]1(Cc1cc(-c2ccccc2)no1)C(=O)NC1CCCC1. The molecule has 2 aromatic rings. The van der Waals surface area contributed by atoms with Crippen molar-refractivity contribution in [3.63, 3.8) is 0 Å². The quantitative estimate of drug-likeness (QED) is 0.862. The highest BCUT2D eigenvalue weighted by atomic mass is 16.5. The zero-order valence-corrected chi connectivity index (χ0v) is 16.3. The molecular weight excluding hydrogens is 354 g/mol. The van der Waals surface area contributed by atoms with E-state index in [0.717, 1.165) is 43.4 Å². The molecule has 0 spiro atoms. The number of hydrogen-bond donors (Lipinski definition) is 1. The summed E-state index contributed by atoms with van der Waals surface area (Å²) in [7, 11) is 0. The zero-order valence-electron chi connectivity index (χ0n) is 16.3. The highest BCUT2D eigenvalue weighted by Gasteiger charge is 2.50. The summed E-state index contributed by atoms with van der Waals surface area (Å²) < 4.78 is 5.59. The molecule has 1 aromatic heterocycles. The number of nitrogens with zero attached hydrogens (tertiary/aromatic N) is 2. The molecule has 0 radical (unpaired) electrons. The van der Waals surface area contributed by atoms with Gasteiger partial charge in [0.2, 0.25) is 11.8 Å². The number of carbonyl (C=O) groups excluding carboxylic acids is 2. The lowest BCUT2D eigenvalue weighted by Gasteiger charge is -2.37. The smallest absolute Gasteiger partial charge is 0.246 e. The summed E-state index contributed by atoms with van der Waals surface area (Å²) in [6, 6.07) is 11.9. The minimum atomic E-state index is -0.887. The lowest BCUT2D eigenvalue weighted by atomic mass is 9.88.